The molecule has 0 aliphatic rings. The van der Waals surface area contributed by atoms with Gasteiger partial charge in [0, 0.05) is 6.07 Å². The number of fused-ring (bicyclic) bond motifs is 1. The van der Waals surface area contributed by atoms with E-state index in [-0.39, 0.29) is 5.82 Å². The molecule has 0 amide bonds. The van der Waals surface area contributed by atoms with Crippen LogP contribution >= 0.6 is 0 Å². The van der Waals surface area contributed by atoms with Gasteiger partial charge in [-0.3, -0.25) is 0 Å². The smallest absolute Gasteiger partial charge is 0.355 e. The second-order valence-corrected chi connectivity index (χ2v) is 3.73. The van der Waals surface area contributed by atoms with Crippen molar-refractivity contribution in [1.82, 2.24) is 9.38 Å². The minimum absolute atomic E-state index is 0.0109. The maximum Gasteiger partial charge on any atom is 0.355 e. The van der Waals surface area contributed by atoms with Gasteiger partial charge in [0.25, 0.3) is 0 Å². The fraction of sp³-hybridized carbons (Fsp3) is 0.182. The molecular formula is C11H11N3O2. The van der Waals surface area contributed by atoms with Gasteiger partial charge in [-0.05, 0) is 30.9 Å². The standard InChI is InChI=1S/C11H11N3O2/c1-8(2)7-9-11(14(15)16)13-6-4-3-5-10(13)12-9/h3-7H,1-2H3. The first-order valence-corrected chi connectivity index (χ1v) is 4.86. The van der Waals surface area contributed by atoms with Gasteiger partial charge in [0.2, 0.25) is 5.65 Å². The van der Waals surface area contributed by atoms with Crippen molar-refractivity contribution in [2.24, 2.45) is 0 Å². The molecule has 0 aromatic carbocycles. The lowest BCUT2D eigenvalue weighted by Crippen LogP contribution is -1.95. The number of aromatic nitrogens is 2. The Morgan fingerprint density at radius 2 is 2.25 bits per heavy atom. The molecule has 0 N–H and O–H groups in total. The van der Waals surface area contributed by atoms with Gasteiger partial charge in [0.05, 0.1) is 6.20 Å². The molecule has 5 nitrogen and oxygen atoms in total. The van der Waals surface area contributed by atoms with E-state index in [0.717, 1.165) is 5.57 Å². The number of hydrogen-bond acceptors (Lipinski definition) is 3. The van der Waals surface area contributed by atoms with E-state index in [2.05, 4.69) is 4.98 Å². The molecule has 0 radical (unpaired) electrons. The molecule has 5 heteroatoms. The molecule has 16 heavy (non-hydrogen) atoms. The zero-order chi connectivity index (χ0) is 11.7. The van der Waals surface area contributed by atoms with Crippen LogP contribution in [-0.4, -0.2) is 14.3 Å². The first kappa shape index (κ1) is 10.4. The highest BCUT2D eigenvalue weighted by atomic mass is 16.6. The van der Waals surface area contributed by atoms with E-state index in [1.165, 1.54) is 4.40 Å². The Morgan fingerprint density at radius 3 is 2.88 bits per heavy atom. The van der Waals surface area contributed by atoms with E-state index < -0.39 is 4.92 Å². The van der Waals surface area contributed by atoms with Crippen molar-refractivity contribution in [2.45, 2.75) is 13.8 Å². The molecule has 0 bridgehead atoms. The van der Waals surface area contributed by atoms with Crippen molar-refractivity contribution in [3.05, 3.63) is 45.8 Å². The highest BCUT2D eigenvalue weighted by molar-refractivity contribution is 5.62. The Morgan fingerprint density at radius 1 is 1.50 bits per heavy atom. The number of nitrogens with zero attached hydrogens (tertiary/aromatic N) is 3. The molecule has 0 aliphatic heterocycles. The van der Waals surface area contributed by atoms with Crippen molar-refractivity contribution >= 4 is 17.5 Å². The lowest BCUT2D eigenvalue weighted by Gasteiger charge is -1.94. The molecule has 0 atom stereocenters. The van der Waals surface area contributed by atoms with Gasteiger partial charge in [-0.2, -0.15) is 4.40 Å². The number of nitro groups is 1. The third-order valence-electron chi connectivity index (χ3n) is 2.13. The lowest BCUT2D eigenvalue weighted by atomic mass is 10.3. The van der Waals surface area contributed by atoms with Crippen molar-refractivity contribution in [3.63, 3.8) is 0 Å². The lowest BCUT2D eigenvalue weighted by molar-refractivity contribution is -0.390. The monoisotopic (exact) mass is 217 g/mol. The third-order valence-corrected chi connectivity index (χ3v) is 2.13. The predicted octanol–water partition coefficient (Wildman–Crippen LogP) is 2.67. The summed E-state index contributed by atoms with van der Waals surface area (Å²) in [5.74, 6) is 0.0109. The summed E-state index contributed by atoms with van der Waals surface area (Å²) in [7, 11) is 0. The van der Waals surface area contributed by atoms with Crippen LogP contribution in [0.3, 0.4) is 0 Å². The Labute approximate surface area is 92.2 Å². The minimum Gasteiger partial charge on any atom is -0.358 e. The van der Waals surface area contributed by atoms with Crippen LogP contribution in [0.4, 0.5) is 5.82 Å². The average molecular weight is 217 g/mol. The molecular weight excluding hydrogens is 206 g/mol. The molecule has 0 fully saturated rings. The average Bonchev–Trinajstić information content (AvgIpc) is 2.53. The van der Waals surface area contributed by atoms with Crippen molar-refractivity contribution in [1.29, 1.82) is 0 Å². The second kappa shape index (κ2) is 3.77. The fourth-order valence-corrected chi connectivity index (χ4v) is 1.55. The van der Waals surface area contributed by atoms with Gasteiger partial charge in [-0.1, -0.05) is 11.6 Å². The molecule has 0 unspecified atom stereocenters. The van der Waals surface area contributed by atoms with E-state index in [9.17, 15) is 10.1 Å². The topological polar surface area (TPSA) is 60.4 Å². The Hall–Kier alpha value is -2.17. The maximum atomic E-state index is 11.0. The van der Waals surface area contributed by atoms with Crippen LogP contribution in [0.25, 0.3) is 11.7 Å². The molecule has 2 aromatic heterocycles. The maximum absolute atomic E-state index is 11.0. The third kappa shape index (κ3) is 1.67. The number of imidazole rings is 1. The first-order chi connectivity index (χ1) is 7.59. The van der Waals surface area contributed by atoms with Crippen LogP contribution in [0.5, 0.6) is 0 Å². The van der Waals surface area contributed by atoms with Crippen LogP contribution < -0.4 is 0 Å². The normalized spacial score (nSPS) is 10.4. The highest BCUT2D eigenvalue weighted by Crippen LogP contribution is 2.22. The van der Waals surface area contributed by atoms with Crippen LogP contribution in [0.15, 0.2) is 30.0 Å². The molecule has 0 saturated heterocycles. The molecule has 2 aromatic rings. The summed E-state index contributed by atoms with van der Waals surface area (Å²) in [6.07, 6.45) is 3.36. The van der Waals surface area contributed by atoms with E-state index >= 15 is 0 Å². The summed E-state index contributed by atoms with van der Waals surface area (Å²) in [6, 6.07) is 5.29. The van der Waals surface area contributed by atoms with Gasteiger partial charge in [-0.25, -0.2) is 4.98 Å². The molecule has 0 saturated carbocycles. The van der Waals surface area contributed by atoms with Gasteiger partial charge in [0.15, 0.2) is 5.69 Å². The SMILES string of the molecule is CC(C)=Cc1nc2ccccn2c1[N+](=O)[O-]. The van der Waals surface area contributed by atoms with Gasteiger partial charge in [0.1, 0.15) is 0 Å². The second-order valence-electron chi connectivity index (χ2n) is 3.73. The Bertz CT molecular complexity index is 580. The van der Waals surface area contributed by atoms with E-state index in [1.807, 2.05) is 13.8 Å². The predicted molar refractivity (Wildman–Crippen MR) is 61.2 cm³/mol. The largest absolute Gasteiger partial charge is 0.358 e. The van der Waals surface area contributed by atoms with E-state index in [1.54, 1.807) is 30.5 Å². The number of hydrogen-bond donors (Lipinski definition) is 0. The summed E-state index contributed by atoms with van der Waals surface area (Å²) in [6.45, 7) is 3.77. The number of pyridine rings is 1. The summed E-state index contributed by atoms with van der Waals surface area (Å²) in [5, 5.41) is 11.0. The van der Waals surface area contributed by atoms with Crippen molar-refractivity contribution < 1.29 is 4.92 Å². The minimum atomic E-state index is -0.408. The molecule has 2 rings (SSSR count). The van der Waals surface area contributed by atoms with Crippen LogP contribution in [0.1, 0.15) is 19.5 Å². The van der Waals surface area contributed by atoms with Gasteiger partial charge >= 0.3 is 5.82 Å². The highest BCUT2D eigenvalue weighted by Gasteiger charge is 2.19. The van der Waals surface area contributed by atoms with Crippen LogP contribution in [0, 0.1) is 10.1 Å². The van der Waals surface area contributed by atoms with E-state index in [4.69, 9.17) is 0 Å². The van der Waals surface area contributed by atoms with Crippen molar-refractivity contribution in [2.75, 3.05) is 0 Å². The zero-order valence-corrected chi connectivity index (χ0v) is 9.04. The molecule has 0 aliphatic carbocycles. The van der Waals surface area contributed by atoms with Crippen LogP contribution in [-0.2, 0) is 0 Å². The van der Waals surface area contributed by atoms with Gasteiger partial charge < -0.3 is 10.1 Å². The number of allylic oxidation sites excluding steroid dienone is 1. The summed E-state index contributed by atoms with van der Waals surface area (Å²) in [4.78, 5) is 14.8. The summed E-state index contributed by atoms with van der Waals surface area (Å²) in [5.41, 5.74) is 1.96. The van der Waals surface area contributed by atoms with Crippen molar-refractivity contribution in [3.8, 4) is 0 Å². The molecule has 0 spiro atoms. The Kier molecular flexibility index (Phi) is 2.44. The van der Waals surface area contributed by atoms with Gasteiger partial charge in [-0.15, -0.1) is 0 Å². The Balaban J connectivity index is 2.78. The first-order valence-electron chi connectivity index (χ1n) is 4.86. The molecule has 2 heterocycles. The fourth-order valence-electron chi connectivity index (χ4n) is 1.55. The quantitative estimate of drug-likeness (QED) is 0.574. The molecule has 82 valence electrons. The summed E-state index contributed by atoms with van der Waals surface area (Å²) < 4.78 is 1.48. The zero-order valence-electron chi connectivity index (χ0n) is 9.04. The van der Waals surface area contributed by atoms with E-state index in [0.29, 0.717) is 11.3 Å². The summed E-state index contributed by atoms with van der Waals surface area (Å²) >= 11 is 0. The number of rotatable bonds is 2. The van der Waals surface area contributed by atoms with Crippen LogP contribution in [0.2, 0.25) is 0 Å².